The number of amides is 1. The average molecular weight is 360 g/mol. The van der Waals surface area contributed by atoms with Gasteiger partial charge in [0.1, 0.15) is 6.54 Å². The van der Waals surface area contributed by atoms with E-state index < -0.39 is 10.0 Å². The van der Waals surface area contributed by atoms with Crippen LogP contribution in [0, 0.1) is 12.8 Å². The number of carbonyl (C=O) groups is 1. The molecule has 0 aromatic heterocycles. The van der Waals surface area contributed by atoms with Crippen molar-refractivity contribution in [1.82, 2.24) is 5.32 Å². The fraction of sp³-hybridized carbons (Fsp3) is 0.316. The van der Waals surface area contributed by atoms with E-state index in [9.17, 15) is 13.2 Å². The lowest BCUT2D eigenvalue weighted by Crippen LogP contribution is -2.41. The van der Waals surface area contributed by atoms with Crippen LogP contribution in [-0.4, -0.2) is 27.4 Å². The van der Waals surface area contributed by atoms with Crippen LogP contribution >= 0.6 is 0 Å². The van der Waals surface area contributed by atoms with Gasteiger partial charge in [-0.25, -0.2) is 8.42 Å². The molecule has 0 fully saturated rings. The molecule has 0 heterocycles. The molecule has 2 aromatic carbocycles. The van der Waals surface area contributed by atoms with Gasteiger partial charge in [-0.05, 0) is 37.1 Å². The third-order valence-corrected chi connectivity index (χ3v) is 5.44. The zero-order valence-electron chi connectivity index (χ0n) is 14.8. The Morgan fingerprint density at radius 2 is 1.64 bits per heavy atom. The van der Waals surface area contributed by atoms with Gasteiger partial charge in [-0.3, -0.25) is 9.10 Å². The number of anilines is 1. The summed E-state index contributed by atoms with van der Waals surface area (Å²) in [5.41, 5.74) is 1.49. The Morgan fingerprint density at radius 1 is 1.04 bits per heavy atom. The van der Waals surface area contributed by atoms with Crippen molar-refractivity contribution in [2.75, 3.05) is 17.4 Å². The van der Waals surface area contributed by atoms with Crippen LogP contribution in [0.1, 0.15) is 19.4 Å². The molecule has 25 heavy (non-hydrogen) atoms. The first-order chi connectivity index (χ1) is 11.8. The van der Waals surface area contributed by atoms with Gasteiger partial charge in [-0.15, -0.1) is 0 Å². The van der Waals surface area contributed by atoms with Crippen LogP contribution in [0.25, 0.3) is 0 Å². The number of aryl methyl sites for hydroxylation is 1. The summed E-state index contributed by atoms with van der Waals surface area (Å²) in [5.74, 6) is -0.0312. The van der Waals surface area contributed by atoms with Gasteiger partial charge in [0, 0.05) is 6.54 Å². The highest BCUT2D eigenvalue weighted by Crippen LogP contribution is 2.23. The van der Waals surface area contributed by atoms with Gasteiger partial charge in [0.15, 0.2) is 0 Å². The van der Waals surface area contributed by atoms with Gasteiger partial charge in [0.25, 0.3) is 10.0 Å². The molecule has 0 spiro atoms. The maximum atomic E-state index is 13.0. The molecule has 0 aliphatic rings. The number of carbonyl (C=O) groups excluding carboxylic acids is 1. The molecule has 0 aliphatic carbocycles. The second-order valence-electron chi connectivity index (χ2n) is 6.36. The van der Waals surface area contributed by atoms with E-state index in [1.807, 2.05) is 32.9 Å². The van der Waals surface area contributed by atoms with Crippen LogP contribution in [0.4, 0.5) is 5.69 Å². The number of hydrogen-bond acceptors (Lipinski definition) is 3. The number of sulfonamides is 1. The lowest BCUT2D eigenvalue weighted by Gasteiger charge is -2.24. The van der Waals surface area contributed by atoms with Crippen molar-refractivity contribution in [3.63, 3.8) is 0 Å². The minimum atomic E-state index is -3.83. The summed E-state index contributed by atoms with van der Waals surface area (Å²) in [6.07, 6.45) is 0. The monoisotopic (exact) mass is 360 g/mol. The summed E-state index contributed by atoms with van der Waals surface area (Å²) in [6.45, 7) is 6.14. The van der Waals surface area contributed by atoms with E-state index in [2.05, 4.69) is 5.32 Å². The molecule has 0 bridgehead atoms. The first kappa shape index (κ1) is 19.0. The third-order valence-electron chi connectivity index (χ3n) is 3.65. The Kier molecular flexibility index (Phi) is 6.20. The Hall–Kier alpha value is -2.34. The quantitative estimate of drug-likeness (QED) is 0.825. The first-order valence-corrected chi connectivity index (χ1v) is 9.66. The maximum Gasteiger partial charge on any atom is 0.264 e. The second kappa shape index (κ2) is 8.16. The number of hydrogen-bond donors (Lipinski definition) is 1. The highest BCUT2D eigenvalue weighted by atomic mass is 32.2. The Labute approximate surface area is 149 Å². The molecule has 0 unspecified atom stereocenters. The maximum absolute atomic E-state index is 13.0. The van der Waals surface area contributed by atoms with Crippen molar-refractivity contribution in [2.45, 2.75) is 25.7 Å². The first-order valence-electron chi connectivity index (χ1n) is 8.22. The molecule has 0 atom stereocenters. The van der Waals surface area contributed by atoms with Crippen molar-refractivity contribution in [3.8, 4) is 0 Å². The summed E-state index contributed by atoms with van der Waals surface area (Å²) in [7, 11) is -3.83. The number of nitrogens with zero attached hydrogens (tertiary/aromatic N) is 1. The smallest absolute Gasteiger partial charge is 0.264 e. The standard InChI is InChI=1S/C19H24N2O3S/c1-15(2)13-20-19(22)14-21(17-11-9-16(3)10-12-17)25(23,24)18-7-5-4-6-8-18/h4-12,15H,13-14H2,1-3H3,(H,20,22). The van der Waals surface area contributed by atoms with Gasteiger partial charge in [-0.1, -0.05) is 49.7 Å². The molecule has 5 nitrogen and oxygen atoms in total. The molecule has 6 heteroatoms. The van der Waals surface area contributed by atoms with Crippen LogP contribution in [0.2, 0.25) is 0 Å². The summed E-state index contributed by atoms with van der Waals surface area (Å²) < 4.78 is 27.2. The number of rotatable bonds is 7. The summed E-state index contributed by atoms with van der Waals surface area (Å²) in [4.78, 5) is 12.4. The molecular formula is C19H24N2O3S. The lowest BCUT2D eigenvalue weighted by molar-refractivity contribution is -0.119. The molecular weight excluding hydrogens is 336 g/mol. The van der Waals surface area contributed by atoms with Gasteiger partial charge in [0.05, 0.1) is 10.6 Å². The van der Waals surface area contributed by atoms with E-state index in [1.54, 1.807) is 30.3 Å². The van der Waals surface area contributed by atoms with Gasteiger partial charge in [0.2, 0.25) is 5.91 Å². The van der Waals surface area contributed by atoms with Gasteiger partial charge >= 0.3 is 0 Å². The predicted octanol–water partition coefficient (Wildman–Crippen LogP) is 2.96. The van der Waals surface area contributed by atoms with E-state index >= 15 is 0 Å². The van der Waals surface area contributed by atoms with Crippen molar-refractivity contribution in [2.24, 2.45) is 5.92 Å². The zero-order chi connectivity index (χ0) is 18.4. The van der Waals surface area contributed by atoms with Crippen LogP contribution in [0.5, 0.6) is 0 Å². The van der Waals surface area contributed by atoms with Crippen molar-refractivity contribution < 1.29 is 13.2 Å². The molecule has 2 aromatic rings. The highest BCUT2D eigenvalue weighted by Gasteiger charge is 2.26. The van der Waals surface area contributed by atoms with Crippen molar-refractivity contribution in [3.05, 3.63) is 60.2 Å². The van der Waals surface area contributed by atoms with Gasteiger partial charge < -0.3 is 5.32 Å². The number of benzene rings is 2. The molecule has 1 amide bonds. The summed E-state index contributed by atoms with van der Waals surface area (Å²) in [6, 6.07) is 15.2. The van der Waals surface area contributed by atoms with Crippen LogP contribution < -0.4 is 9.62 Å². The van der Waals surface area contributed by atoms with E-state index in [0.29, 0.717) is 18.2 Å². The van der Waals surface area contributed by atoms with E-state index in [1.165, 1.54) is 12.1 Å². The SMILES string of the molecule is Cc1ccc(N(CC(=O)NCC(C)C)S(=O)(=O)c2ccccc2)cc1. The van der Waals surface area contributed by atoms with Crippen molar-refractivity contribution >= 4 is 21.6 Å². The highest BCUT2D eigenvalue weighted by molar-refractivity contribution is 7.92. The Bertz CT molecular complexity index is 800. The van der Waals surface area contributed by atoms with Crippen LogP contribution in [0.3, 0.4) is 0 Å². The zero-order valence-corrected chi connectivity index (χ0v) is 15.6. The number of nitrogens with one attached hydrogen (secondary N) is 1. The summed E-state index contributed by atoms with van der Waals surface area (Å²) in [5, 5.41) is 2.77. The molecule has 1 N–H and O–H groups in total. The van der Waals surface area contributed by atoms with Gasteiger partial charge in [-0.2, -0.15) is 0 Å². The third kappa shape index (κ3) is 5.06. The van der Waals surface area contributed by atoms with E-state index in [4.69, 9.17) is 0 Å². The minimum absolute atomic E-state index is 0.159. The average Bonchev–Trinajstić information content (AvgIpc) is 2.59. The Morgan fingerprint density at radius 3 is 2.20 bits per heavy atom. The van der Waals surface area contributed by atoms with E-state index in [0.717, 1.165) is 9.87 Å². The Balaban J connectivity index is 2.35. The largest absolute Gasteiger partial charge is 0.354 e. The lowest BCUT2D eigenvalue weighted by atomic mass is 10.2. The molecule has 0 aliphatic heterocycles. The normalized spacial score (nSPS) is 11.4. The second-order valence-corrected chi connectivity index (χ2v) is 8.22. The minimum Gasteiger partial charge on any atom is -0.354 e. The molecule has 0 radical (unpaired) electrons. The molecule has 0 saturated heterocycles. The van der Waals surface area contributed by atoms with Crippen molar-refractivity contribution in [1.29, 1.82) is 0 Å². The van der Waals surface area contributed by atoms with Crippen LogP contribution in [0.15, 0.2) is 59.5 Å². The topological polar surface area (TPSA) is 66.5 Å². The molecule has 0 saturated carbocycles. The van der Waals surface area contributed by atoms with Crippen LogP contribution in [-0.2, 0) is 14.8 Å². The molecule has 2 rings (SSSR count). The summed E-state index contributed by atoms with van der Waals surface area (Å²) >= 11 is 0. The predicted molar refractivity (Wildman–Crippen MR) is 100 cm³/mol. The molecule has 134 valence electrons. The fourth-order valence-electron chi connectivity index (χ4n) is 2.25. The fourth-order valence-corrected chi connectivity index (χ4v) is 3.69. The van der Waals surface area contributed by atoms with E-state index in [-0.39, 0.29) is 17.3 Å².